The number of rotatable bonds is 4. The number of carbonyl (C=O) groups is 2. The minimum atomic E-state index is -0.0743. The Hall–Kier alpha value is -1.92. The van der Waals surface area contributed by atoms with E-state index in [1.54, 1.807) is 24.3 Å². The van der Waals surface area contributed by atoms with E-state index in [1.165, 1.54) is 0 Å². The second-order valence-corrected chi connectivity index (χ2v) is 6.12. The van der Waals surface area contributed by atoms with Gasteiger partial charge < -0.3 is 20.7 Å². The molecule has 6 heteroatoms. The third-order valence-electron chi connectivity index (χ3n) is 4.40. The minimum Gasteiger partial charge on any atom is -0.381 e. The smallest absolute Gasteiger partial charge is 0.251 e. The summed E-state index contributed by atoms with van der Waals surface area (Å²) in [7, 11) is 0. The minimum absolute atomic E-state index is 0.0338. The number of ether oxygens (including phenoxy) is 1. The molecular weight excluding hydrogens is 294 g/mol. The lowest BCUT2D eigenvalue weighted by Crippen LogP contribution is -2.38. The Morgan fingerprint density at radius 1 is 1.09 bits per heavy atom. The molecule has 2 amide bonds. The molecule has 1 unspecified atom stereocenters. The topological polar surface area (TPSA) is 79.5 Å². The fraction of sp³-hybridized carbons (Fsp3) is 0.529. The number of carbonyl (C=O) groups excluding carboxylic acids is 2. The Labute approximate surface area is 136 Å². The number of hydrogen-bond donors (Lipinski definition) is 3. The first-order valence-electron chi connectivity index (χ1n) is 8.22. The highest BCUT2D eigenvalue weighted by Crippen LogP contribution is 2.15. The van der Waals surface area contributed by atoms with Gasteiger partial charge in [0.05, 0.1) is 5.92 Å². The molecule has 3 N–H and O–H groups in total. The van der Waals surface area contributed by atoms with E-state index in [0.717, 1.165) is 38.0 Å². The first-order valence-corrected chi connectivity index (χ1v) is 8.22. The Balaban J connectivity index is 1.53. The largest absolute Gasteiger partial charge is 0.381 e. The van der Waals surface area contributed by atoms with E-state index >= 15 is 0 Å². The Kier molecular flexibility index (Phi) is 5.25. The third-order valence-corrected chi connectivity index (χ3v) is 4.40. The number of hydrogen-bond acceptors (Lipinski definition) is 4. The van der Waals surface area contributed by atoms with E-state index in [9.17, 15) is 9.59 Å². The van der Waals surface area contributed by atoms with Gasteiger partial charge in [0.1, 0.15) is 0 Å². The van der Waals surface area contributed by atoms with Gasteiger partial charge in [0.15, 0.2) is 0 Å². The van der Waals surface area contributed by atoms with Crippen molar-refractivity contribution in [2.24, 2.45) is 5.92 Å². The second-order valence-electron chi connectivity index (χ2n) is 6.12. The maximum Gasteiger partial charge on any atom is 0.251 e. The summed E-state index contributed by atoms with van der Waals surface area (Å²) < 4.78 is 5.29. The molecule has 0 radical (unpaired) electrons. The number of amides is 2. The monoisotopic (exact) mass is 317 g/mol. The van der Waals surface area contributed by atoms with Gasteiger partial charge in [0.2, 0.25) is 5.91 Å². The van der Waals surface area contributed by atoms with Crippen molar-refractivity contribution in [3.63, 3.8) is 0 Å². The van der Waals surface area contributed by atoms with E-state index in [-0.39, 0.29) is 23.8 Å². The van der Waals surface area contributed by atoms with Gasteiger partial charge in [-0.05, 0) is 50.1 Å². The zero-order chi connectivity index (χ0) is 16.1. The van der Waals surface area contributed by atoms with Crippen molar-refractivity contribution in [2.75, 3.05) is 31.6 Å². The van der Waals surface area contributed by atoms with E-state index in [4.69, 9.17) is 4.74 Å². The predicted octanol–water partition coefficient (Wildman–Crippen LogP) is 1.14. The molecule has 0 aliphatic carbocycles. The van der Waals surface area contributed by atoms with Crippen LogP contribution in [0.15, 0.2) is 24.3 Å². The Bertz CT molecular complexity index is 547. The number of benzene rings is 1. The maximum absolute atomic E-state index is 12.2. The molecule has 3 rings (SSSR count). The van der Waals surface area contributed by atoms with Crippen molar-refractivity contribution >= 4 is 17.5 Å². The first-order chi connectivity index (χ1) is 11.2. The molecule has 1 aromatic carbocycles. The summed E-state index contributed by atoms with van der Waals surface area (Å²) in [5, 5.41) is 9.11. The average Bonchev–Trinajstić information content (AvgIpc) is 3.11. The SMILES string of the molecule is O=C(NC1CCOCC1)c1ccc(NC(=O)C2CCNC2)cc1. The van der Waals surface area contributed by atoms with Crippen molar-refractivity contribution in [3.8, 4) is 0 Å². The molecule has 1 aromatic rings. The van der Waals surface area contributed by atoms with Gasteiger partial charge in [0.25, 0.3) is 5.91 Å². The van der Waals surface area contributed by atoms with Crippen molar-refractivity contribution in [1.82, 2.24) is 10.6 Å². The summed E-state index contributed by atoms with van der Waals surface area (Å²) in [5.41, 5.74) is 1.33. The summed E-state index contributed by atoms with van der Waals surface area (Å²) >= 11 is 0. The summed E-state index contributed by atoms with van der Waals surface area (Å²) in [5.74, 6) is -0.00401. The fourth-order valence-electron chi connectivity index (χ4n) is 2.94. The maximum atomic E-state index is 12.2. The van der Waals surface area contributed by atoms with Crippen LogP contribution in [0.3, 0.4) is 0 Å². The fourth-order valence-corrected chi connectivity index (χ4v) is 2.94. The van der Waals surface area contributed by atoms with Gasteiger partial charge in [-0.1, -0.05) is 0 Å². The molecule has 6 nitrogen and oxygen atoms in total. The third kappa shape index (κ3) is 4.30. The molecule has 23 heavy (non-hydrogen) atoms. The van der Waals surface area contributed by atoms with Crippen LogP contribution >= 0.6 is 0 Å². The van der Waals surface area contributed by atoms with Crippen molar-refractivity contribution < 1.29 is 14.3 Å². The lowest BCUT2D eigenvalue weighted by molar-refractivity contribution is -0.119. The van der Waals surface area contributed by atoms with E-state index < -0.39 is 0 Å². The quantitative estimate of drug-likeness (QED) is 0.778. The summed E-state index contributed by atoms with van der Waals surface area (Å²) in [6.07, 6.45) is 2.59. The van der Waals surface area contributed by atoms with Crippen LogP contribution in [0.25, 0.3) is 0 Å². The molecule has 0 saturated carbocycles. The van der Waals surface area contributed by atoms with E-state index in [2.05, 4.69) is 16.0 Å². The van der Waals surface area contributed by atoms with Gasteiger partial charge in [0, 0.05) is 37.1 Å². The molecule has 2 fully saturated rings. The van der Waals surface area contributed by atoms with Crippen LogP contribution in [0.4, 0.5) is 5.69 Å². The molecule has 2 aliphatic rings. The zero-order valence-electron chi connectivity index (χ0n) is 13.1. The summed E-state index contributed by atoms with van der Waals surface area (Å²) in [4.78, 5) is 24.3. The molecular formula is C17H23N3O3. The highest BCUT2D eigenvalue weighted by Gasteiger charge is 2.22. The van der Waals surface area contributed by atoms with E-state index in [1.807, 2.05) is 0 Å². The standard InChI is InChI=1S/C17H23N3O3/c21-16(20-15-6-9-23-10-7-15)12-1-3-14(4-2-12)19-17(22)13-5-8-18-11-13/h1-4,13,15,18H,5-11H2,(H,19,22)(H,20,21). The molecule has 0 aromatic heterocycles. The number of anilines is 1. The molecule has 2 heterocycles. The Morgan fingerprint density at radius 2 is 1.83 bits per heavy atom. The second kappa shape index (κ2) is 7.57. The van der Waals surface area contributed by atoms with Gasteiger partial charge >= 0.3 is 0 Å². The van der Waals surface area contributed by atoms with Crippen molar-refractivity contribution in [2.45, 2.75) is 25.3 Å². The predicted molar refractivity (Wildman–Crippen MR) is 87.4 cm³/mol. The average molecular weight is 317 g/mol. The van der Waals surface area contributed by atoms with Gasteiger partial charge in [-0.2, -0.15) is 0 Å². The molecule has 2 aliphatic heterocycles. The normalized spacial score (nSPS) is 21.8. The lowest BCUT2D eigenvalue weighted by atomic mass is 10.1. The van der Waals surface area contributed by atoms with Gasteiger partial charge in [-0.15, -0.1) is 0 Å². The molecule has 0 spiro atoms. The summed E-state index contributed by atoms with van der Waals surface area (Å²) in [6.45, 7) is 3.03. The zero-order valence-corrected chi connectivity index (χ0v) is 13.1. The highest BCUT2D eigenvalue weighted by molar-refractivity contribution is 5.96. The van der Waals surface area contributed by atoms with Crippen LogP contribution in [0.2, 0.25) is 0 Å². The highest BCUT2D eigenvalue weighted by atomic mass is 16.5. The molecule has 0 bridgehead atoms. The van der Waals surface area contributed by atoms with Crippen LogP contribution in [0.5, 0.6) is 0 Å². The number of nitrogens with one attached hydrogen (secondary N) is 3. The van der Waals surface area contributed by atoms with Crippen LogP contribution in [0, 0.1) is 5.92 Å². The lowest BCUT2D eigenvalue weighted by Gasteiger charge is -2.23. The van der Waals surface area contributed by atoms with Crippen LogP contribution in [0.1, 0.15) is 29.6 Å². The van der Waals surface area contributed by atoms with Crippen LogP contribution in [-0.2, 0) is 9.53 Å². The van der Waals surface area contributed by atoms with E-state index in [0.29, 0.717) is 18.8 Å². The van der Waals surface area contributed by atoms with Crippen LogP contribution < -0.4 is 16.0 Å². The van der Waals surface area contributed by atoms with Gasteiger partial charge in [-0.3, -0.25) is 9.59 Å². The molecule has 124 valence electrons. The molecule has 2 saturated heterocycles. The van der Waals surface area contributed by atoms with Crippen molar-refractivity contribution in [3.05, 3.63) is 29.8 Å². The molecule has 1 atom stereocenters. The van der Waals surface area contributed by atoms with Gasteiger partial charge in [-0.25, -0.2) is 0 Å². The van der Waals surface area contributed by atoms with Crippen molar-refractivity contribution in [1.29, 1.82) is 0 Å². The summed E-state index contributed by atoms with van der Waals surface area (Å²) in [6, 6.07) is 7.23. The first kappa shape index (κ1) is 16.0. The van der Waals surface area contributed by atoms with Crippen LogP contribution in [-0.4, -0.2) is 44.2 Å². The Morgan fingerprint density at radius 3 is 2.48 bits per heavy atom.